The number of benzene rings is 1. The summed E-state index contributed by atoms with van der Waals surface area (Å²) < 4.78 is 13.0. The summed E-state index contributed by atoms with van der Waals surface area (Å²) in [5.74, 6) is 1.62. The lowest BCUT2D eigenvalue weighted by Gasteiger charge is -2.25. The van der Waals surface area contributed by atoms with Crippen LogP contribution in [0, 0.1) is 0 Å². The number of hydrogen-bond donors (Lipinski definition) is 1. The second-order valence-electron chi connectivity index (χ2n) is 8.06. The molecule has 30 heavy (non-hydrogen) atoms. The standard InChI is InChI=1S/C23H32N4O3/c1-4-27-19-11-10-17(24-15-16-8-7-9-20(29-2)22(16)30-3)14-18(19)21(25-27)23(28)26-12-5-6-13-26/h7-9,17,24H,4-6,10-15H2,1-3H3. The van der Waals surface area contributed by atoms with Crippen molar-refractivity contribution in [2.24, 2.45) is 0 Å². The van der Waals surface area contributed by atoms with Gasteiger partial charge < -0.3 is 19.7 Å². The van der Waals surface area contributed by atoms with Gasteiger partial charge >= 0.3 is 0 Å². The molecule has 0 saturated carbocycles. The van der Waals surface area contributed by atoms with E-state index in [1.54, 1.807) is 14.2 Å². The highest BCUT2D eigenvalue weighted by Crippen LogP contribution is 2.31. The first-order chi connectivity index (χ1) is 14.7. The lowest BCUT2D eigenvalue weighted by molar-refractivity contribution is 0.0785. The Morgan fingerprint density at radius 2 is 2.03 bits per heavy atom. The molecular weight excluding hydrogens is 380 g/mol. The Morgan fingerprint density at radius 1 is 1.23 bits per heavy atom. The van der Waals surface area contributed by atoms with Crippen molar-refractivity contribution in [3.63, 3.8) is 0 Å². The molecule has 4 rings (SSSR count). The van der Waals surface area contributed by atoms with Gasteiger partial charge in [0.15, 0.2) is 17.2 Å². The summed E-state index contributed by atoms with van der Waals surface area (Å²) in [5.41, 5.74) is 4.10. The van der Waals surface area contributed by atoms with Crippen molar-refractivity contribution in [1.29, 1.82) is 0 Å². The molecule has 1 aliphatic carbocycles. The summed E-state index contributed by atoms with van der Waals surface area (Å²) >= 11 is 0. The fraction of sp³-hybridized carbons (Fsp3) is 0.565. The van der Waals surface area contributed by atoms with Crippen molar-refractivity contribution in [3.05, 3.63) is 40.7 Å². The van der Waals surface area contributed by atoms with Gasteiger partial charge in [-0.25, -0.2) is 0 Å². The van der Waals surface area contributed by atoms with Crippen LogP contribution >= 0.6 is 0 Å². The minimum atomic E-state index is 0.103. The summed E-state index contributed by atoms with van der Waals surface area (Å²) in [4.78, 5) is 15.0. The molecular formula is C23H32N4O3. The van der Waals surface area contributed by atoms with E-state index in [9.17, 15) is 4.79 Å². The van der Waals surface area contributed by atoms with Crippen molar-refractivity contribution in [1.82, 2.24) is 20.0 Å². The van der Waals surface area contributed by atoms with Crippen LogP contribution in [0.1, 0.15) is 53.5 Å². The van der Waals surface area contributed by atoms with E-state index < -0.39 is 0 Å². The largest absolute Gasteiger partial charge is 0.493 e. The molecule has 2 aliphatic rings. The summed E-state index contributed by atoms with van der Waals surface area (Å²) in [6.07, 6.45) is 4.99. The summed E-state index contributed by atoms with van der Waals surface area (Å²) in [7, 11) is 3.33. The number of nitrogens with zero attached hydrogens (tertiary/aromatic N) is 3. The number of likely N-dealkylation sites (tertiary alicyclic amines) is 1. The number of rotatable bonds is 7. The molecule has 1 aromatic carbocycles. The number of methoxy groups -OCH3 is 2. The molecule has 1 aromatic heterocycles. The van der Waals surface area contributed by atoms with E-state index in [0.29, 0.717) is 18.3 Å². The molecule has 1 atom stereocenters. The molecule has 1 amide bonds. The van der Waals surface area contributed by atoms with Crippen LogP contribution in [0.15, 0.2) is 18.2 Å². The van der Waals surface area contributed by atoms with Crippen LogP contribution in [0.5, 0.6) is 11.5 Å². The van der Waals surface area contributed by atoms with Crippen molar-refractivity contribution in [2.75, 3.05) is 27.3 Å². The third kappa shape index (κ3) is 3.90. The number of fused-ring (bicyclic) bond motifs is 1. The summed E-state index contributed by atoms with van der Waals surface area (Å²) in [6, 6.07) is 6.24. The first kappa shape index (κ1) is 20.7. The Balaban J connectivity index is 1.51. The predicted octanol–water partition coefficient (Wildman–Crippen LogP) is 2.80. The maximum atomic E-state index is 13.1. The molecule has 1 fully saturated rings. The van der Waals surface area contributed by atoms with Crippen LogP contribution in [0.25, 0.3) is 0 Å². The van der Waals surface area contributed by atoms with Gasteiger partial charge in [-0.15, -0.1) is 0 Å². The van der Waals surface area contributed by atoms with Crippen LogP contribution in [0.3, 0.4) is 0 Å². The van der Waals surface area contributed by atoms with Gasteiger partial charge in [0, 0.05) is 49.0 Å². The maximum Gasteiger partial charge on any atom is 0.274 e. The number of aromatic nitrogens is 2. The molecule has 7 heteroatoms. The normalized spacial score (nSPS) is 18.4. The Hall–Kier alpha value is -2.54. The Labute approximate surface area is 178 Å². The van der Waals surface area contributed by atoms with Crippen molar-refractivity contribution in [3.8, 4) is 11.5 Å². The van der Waals surface area contributed by atoms with Gasteiger partial charge in [0.2, 0.25) is 0 Å². The number of carbonyl (C=O) groups is 1. The van der Waals surface area contributed by atoms with E-state index in [2.05, 4.69) is 18.3 Å². The lowest BCUT2D eigenvalue weighted by Crippen LogP contribution is -2.35. The lowest BCUT2D eigenvalue weighted by atomic mass is 9.91. The molecule has 1 N–H and O–H groups in total. The van der Waals surface area contributed by atoms with E-state index in [1.807, 2.05) is 21.7 Å². The maximum absolute atomic E-state index is 13.1. The highest BCUT2D eigenvalue weighted by atomic mass is 16.5. The zero-order valence-electron chi connectivity index (χ0n) is 18.2. The van der Waals surface area contributed by atoms with Gasteiger partial charge in [0.25, 0.3) is 5.91 Å². The van der Waals surface area contributed by atoms with Crippen molar-refractivity contribution in [2.45, 2.75) is 58.2 Å². The van der Waals surface area contributed by atoms with Gasteiger partial charge in [-0.3, -0.25) is 9.48 Å². The van der Waals surface area contributed by atoms with Crippen LogP contribution in [-0.2, 0) is 25.9 Å². The summed E-state index contributed by atoms with van der Waals surface area (Å²) in [6.45, 7) is 5.29. The van der Waals surface area contributed by atoms with Crippen LogP contribution in [0.2, 0.25) is 0 Å². The van der Waals surface area contributed by atoms with E-state index in [4.69, 9.17) is 14.6 Å². The average molecular weight is 413 g/mol. The second-order valence-corrected chi connectivity index (χ2v) is 8.06. The quantitative estimate of drug-likeness (QED) is 0.757. The molecule has 162 valence electrons. The highest BCUT2D eigenvalue weighted by molar-refractivity contribution is 5.94. The second kappa shape index (κ2) is 9.08. The third-order valence-electron chi connectivity index (χ3n) is 6.31. The number of hydrogen-bond acceptors (Lipinski definition) is 5. The van der Waals surface area contributed by atoms with Gasteiger partial charge in [-0.1, -0.05) is 12.1 Å². The van der Waals surface area contributed by atoms with Crippen LogP contribution < -0.4 is 14.8 Å². The zero-order chi connectivity index (χ0) is 21.1. The number of amides is 1. The highest BCUT2D eigenvalue weighted by Gasteiger charge is 2.31. The van der Waals surface area contributed by atoms with Crippen molar-refractivity contribution >= 4 is 5.91 Å². The minimum absolute atomic E-state index is 0.103. The van der Waals surface area contributed by atoms with E-state index in [-0.39, 0.29) is 5.91 Å². The molecule has 1 saturated heterocycles. The zero-order valence-corrected chi connectivity index (χ0v) is 18.2. The van der Waals surface area contributed by atoms with Gasteiger partial charge in [-0.05, 0) is 45.1 Å². The Bertz CT molecular complexity index is 902. The molecule has 0 bridgehead atoms. The number of aryl methyl sites for hydroxylation is 1. The summed E-state index contributed by atoms with van der Waals surface area (Å²) in [5, 5.41) is 8.39. The monoisotopic (exact) mass is 412 g/mol. The van der Waals surface area contributed by atoms with E-state index in [0.717, 1.165) is 74.4 Å². The van der Waals surface area contributed by atoms with Gasteiger partial charge in [0.05, 0.1) is 14.2 Å². The third-order valence-corrected chi connectivity index (χ3v) is 6.31. The predicted molar refractivity (Wildman–Crippen MR) is 115 cm³/mol. The topological polar surface area (TPSA) is 68.6 Å². The van der Waals surface area contributed by atoms with Crippen molar-refractivity contribution < 1.29 is 14.3 Å². The molecule has 0 spiro atoms. The smallest absolute Gasteiger partial charge is 0.274 e. The SMILES string of the molecule is CCn1nc(C(=O)N2CCCC2)c2c1CCC(NCc1cccc(OC)c1OC)C2. The molecule has 2 heterocycles. The van der Waals surface area contributed by atoms with Crippen LogP contribution in [0.4, 0.5) is 0 Å². The first-order valence-electron chi connectivity index (χ1n) is 11.0. The van der Waals surface area contributed by atoms with Crippen LogP contribution in [-0.4, -0.2) is 53.9 Å². The minimum Gasteiger partial charge on any atom is -0.493 e. The Morgan fingerprint density at radius 3 is 2.73 bits per heavy atom. The van der Waals surface area contributed by atoms with E-state index in [1.165, 1.54) is 5.69 Å². The fourth-order valence-electron chi connectivity index (χ4n) is 4.71. The first-order valence-corrected chi connectivity index (χ1v) is 11.0. The number of nitrogens with one attached hydrogen (secondary N) is 1. The van der Waals surface area contributed by atoms with Gasteiger partial charge in [0.1, 0.15) is 0 Å². The van der Waals surface area contributed by atoms with Gasteiger partial charge in [-0.2, -0.15) is 5.10 Å². The molecule has 7 nitrogen and oxygen atoms in total. The Kier molecular flexibility index (Phi) is 6.27. The molecule has 1 aliphatic heterocycles. The van der Waals surface area contributed by atoms with E-state index >= 15 is 0 Å². The molecule has 0 radical (unpaired) electrons. The number of carbonyl (C=O) groups excluding carboxylic acids is 1. The number of ether oxygens (including phenoxy) is 2. The molecule has 1 unspecified atom stereocenters. The average Bonchev–Trinajstić information content (AvgIpc) is 3.44. The number of para-hydroxylation sites is 1. The fourth-order valence-corrected chi connectivity index (χ4v) is 4.71. The molecule has 2 aromatic rings.